The van der Waals surface area contributed by atoms with Crippen LogP contribution in [0.25, 0.3) is 21.0 Å². The van der Waals surface area contributed by atoms with Gasteiger partial charge in [0.25, 0.3) is 0 Å². The summed E-state index contributed by atoms with van der Waals surface area (Å²) in [5, 5.41) is 2.65. The molecule has 0 atom stereocenters. The average Bonchev–Trinajstić information content (AvgIpc) is 2.65. The smallest absolute Gasteiger partial charge is 0.0635 e. The van der Waals surface area contributed by atoms with Gasteiger partial charge in [-0.25, -0.2) is 0 Å². The molecule has 2 heterocycles. The third kappa shape index (κ3) is 0.923. The summed E-state index contributed by atoms with van der Waals surface area (Å²) in [4.78, 5) is 4.66. The van der Waals surface area contributed by atoms with Gasteiger partial charge in [-0.1, -0.05) is 12.1 Å². The fourth-order valence-electron chi connectivity index (χ4n) is 1.75. The van der Waals surface area contributed by atoms with Gasteiger partial charge < -0.3 is 4.98 Å². The number of H-pyrrole nitrogens is 1. The summed E-state index contributed by atoms with van der Waals surface area (Å²) in [5.74, 6) is 0. The largest absolute Gasteiger partial charge is 0.360 e. The molecule has 0 unspecified atom stereocenters. The van der Waals surface area contributed by atoms with Crippen LogP contribution in [0.3, 0.4) is 0 Å². The molecule has 1 aromatic carbocycles. The molecule has 0 aliphatic rings. The topological polar surface area (TPSA) is 15.8 Å². The first-order valence-electron chi connectivity index (χ1n) is 4.31. The van der Waals surface area contributed by atoms with E-state index in [0.717, 1.165) is 0 Å². The Labute approximate surface area is 80.0 Å². The van der Waals surface area contributed by atoms with E-state index in [9.17, 15) is 0 Å². The normalized spacial score (nSPS) is 11.5. The molecule has 0 radical (unpaired) electrons. The maximum atomic E-state index is 3.29. The van der Waals surface area contributed by atoms with E-state index < -0.39 is 0 Å². The third-order valence-corrected chi connectivity index (χ3v) is 3.42. The second-order valence-electron chi connectivity index (χ2n) is 3.28. The maximum absolute atomic E-state index is 3.29. The Balaban J connectivity index is 2.64. The standard InChI is InChI=1S/C11H9NS/c1-7-6-9-3-2-8-4-5-12-10(8)11(9)13-7/h2-6,12H,1H3. The van der Waals surface area contributed by atoms with Gasteiger partial charge in [-0.3, -0.25) is 0 Å². The van der Waals surface area contributed by atoms with E-state index in [1.54, 1.807) is 0 Å². The lowest BCUT2D eigenvalue weighted by Gasteiger charge is -1.90. The molecule has 0 saturated heterocycles. The Morgan fingerprint density at radius 2 is 2.00 bits per heavy atom. The van der Waals surface area contributed by atoms with Gasteiger partial charge in [0, 0.05) is 16.5 Å². The second-order valence-corrected chi connectivity index (χ2v) is 4.54. The molecule has 0 fully saturated rings. The van der Waals surface area contributed by atoms with Crippen LogP contribution in [0.5, 0.6) is 0 Å². The van der Waals surface area contributed by atoms with Crippen LogP contribution in [0.1, 0.15) is 4.88 Å². The molecule has 0 saturated carbocycles. The average molecular weight is 187 g/mol. The van der Waals surface area contributed by atoms with E-state index in [0.29, 0.717) is 0 Å². The Morgan fingerprint density at radius 1 is 1.15 bits per heavy atom. The fraction of sp³-hybridized carbons (Fsp3) is 0.0909. The molecule has 0 aliphatic carbocycles. The molecule has 0 amide bonds. The van der Waals surface area contributed by atoms with Crippen LogP contribution >= 0.6 is 11.3 Å². The van der Waals surface area contributed by atoms with Gasteiger partial charge in [0.05, 0.1) is 10.2 Å². The number of rotatable bonds is 0. The van der Waals surface area contributed by atoms with Crippen molar-refractivity contribution in [2.45, 2.75) is 6.92 Å². The van der Waals surface area contributed by atoms with Crippen LogP contribution in [-0.4, -0.2) is 4.98 Å². The number of fused-ring (bicyclic) bond motifs is 3. The van der Waals surface area contributed by atoms with E-state index in [-0.39, 0.29) is 0 Å². The van der Waals surface area contributed by atoms with E-state index in [1.165, 1.54) is 25.9 Å². The number of aromatic nitrogens is 1. The minimum atomic E-state index is 1.27. The summed E-state index contributed by atoms with van der Waals surface area (Å²) in [6.45, 7) is 2.15. The number of hydrogen-bond acceptors (Lipinski definition) is 1. The van der Waals surface area contributed by atoms with Crippen molar-refractivity contribution in [2.75, 3.05) is 0 Å². The number of hydrogen-bond donors (Lipinski definition) is 1. The summed E-state index contributed by atoms with van der Waals surface area (Å²) >= 11 is 1.85. The number of thiophene rings is 1. The van der Waals surface area contributed by atoms with Gasteiger partial charge in [0.15, 0.2) is 0 Å². The summed E-state index contributed by atoms with van der Waals surface area (Å²) in [6.07, 6.45) is 2.00. The molecular weight excluding hydrogens is 178 g/mol. The highest BCUT2D eigenvalue weighted by molar-refractivity contribution is 7.19. The molecule has 64 valence electrons. The first-order chi connectivity index (χ1) is 6.34. The van der Waals surface area contributed by atoms with E-state index in [2.05, 4.69) is 36.2 Å². The van der Waals surface area contributed by atoms with Crippen molar-refractivity contribution in [3.63, 3.8) is 0 Å². The lowest BCUT2D eigenvalue weighted by Crippen LogP contribution is -1.66. The van der Waals surface area contributed by atoms with Gasteiger partial charge in [-0.2, -0.15) is 0 Å². The number of nitrogens with one attached hydrogen (secondary N) is 1. The van der Waals surface area contributed by atoms with Crippen LogP contribution in [0.4, 0.5) is 0 Å². The SMILES string of the molecule is Cc1cc2ccc3cc[nH]c3c2s1. The predicted molar refractivity (Wildman–Crippen MR) is 58.4 cm³/mol. The zero-order valence-corrected chi connectivity index (χ0v) is 8.11. The Hall–Kier alpha value is -1.28. The van der Waals surface area contributed by atoms with Crippen molar-refractivity contribution in [1.82, 2.24) is 4.98 Å². The van der Waals surface area contributed by atoms with E-state index >= 15 is 0 Å². The minimum absolute atomic E-state index is 1.27. The quantitative estimate of drug-likeness (QED) is 0.552. The van der Waals surface area contributed by atoms with Gasteiger partial charge in [0.1, 0.15) is 0 Å². The van der Waals surface area contributed by atoms with E-state index in [4.69, 9.17) is 0 Å². The van der Waals surface area contributed by atoms with Crippen molar-refractivity contribution >= 4 is 32.3 Å². The summed E-state index contributed by atoms with van der Waals surface area (Å²) < 4.78 is 1.38. The minimum Gasteiger partial charge on any atom is -0.360 e. The van der Waals surface area contributed by atoms with Crippen LogP contribution in [-0.2, 0) is 0 Å². The lowest BCUT2D eigenvalue weighted by molar-refractivity contribution is 1.49. The molecule has 2 heteroatoms. The van der Waals surface area contributed by atoms with Crippen LogP contribution < -0.4 is 0 Å². The molecular formula is C11H9NS. The van der Waals surface area contributed by atoms with Gasteiger partial charge in [-0.05, 0) is 24.4 Å². The molecule has 0 aliphatic heterocycles. The lowest BCUT2D eigenvalue weighted by atomic mass is 10.2. The molecule has 0 spiro atoms. The molecule has 13 heavy (non-hydrogen) atoms. The molecule has 1 N–H and O–H groups in total. The van der Waals surface area contributed by atoms with Crippen LogP contribution in [0.2, 0.25) is 0 Å². The monoisotopic (exact) mass is 187 g/mol. The summed E-state index contributed by atoms with van der Waals surface area (Å²) in [5.41, 5.74) is 1.27. The van der Waals surface area contributed by atoms with Gasteiger partial charge in [0.2, 0.25) is 0 Å². The van der Waals surface area contributed by atoms with Crippen molar-refractivity contribution in [1.29, 1.82) is 0 Å². The molecule has 0 bridgehead atoms. The highest BCUT2D eigenvalue weighted by Crippen LogP contribution is 2.31. The number of aromatic amines is 1. The van der Waals surface area contributed by atoms with Crippen molar-refractivity contribution in [3.8, 4) is 0 Å². The highest BCUT2D eigenvalue weighted by Gasteiger charge is 2.03. The first kappa shape index (κ1) is 7.15. The molecule has 3 rings (SSSR count). The number of benzene rings is 1. The molecule has 2 aromatic heterocycles. The predicted octanol–water partition coefficient (Wildman–Crippen LogP) is 3.69. The Morgan fingerprint density at radius 3 is 2.92 bits per heavy atom. The summed E-state index contributed by atoms with van der Waals surface area (Å²) in [7, 11) is 0. The zero-order chi connectivity index (χ0) is 8.84. The fourth-order valence-corrected chi connectivity index (χ4v) is 2.78. The summed E-state index contributed by atoms with van der Waals surface area (Å²) in [6, 6.07) is 8.71. The van der Waals surface area contributed by atoms with Gasteiger partial charge >= 0.3 is 0 Å². The second kappa shape index (κ2) is 2.36. The van der Waals surface area contributed by atoms with Crippen LogP contribution in [0, 0.1) is 6.92 Å². The van der Waals surface area contributed by atoms with Crippen molar-refractivity contribution < 1.29 is 0 Å². The first-order valence-corrected chi connectivity index (χ1v) is 5.12. The molecule has 1 nitrogen and oxygen atoms in total. The zero-order valence-electron chi connectivity index (χ0n) is 7.29. The number of aryl methyl sites for hydroxylation is 1. The maximum Gasteiger partial charge on any atom is 0.0635 e. The van der Waals surface area contributed by atoms with Crippen molar-refractivity contribution in [2.24, 2.45) is 0 Å². The highest BCUT2D eigenvalue weighted by atomic mass is 32.1. The third-order valence-electron chi connectivity index (χ3n) is 2.33. The Kier molecular flexibility index (Phi) is 1.30. The van der Waals surface area contributed by atoms with Crippen molar-refractivity contribution in [3.05, 3.63) is 35.3 Å². The Bertz CT molecular complexity index is 574. The van der Waals surface area contributed by atoms with Crippen LogP contribution in [0.15, 0.2) is 30.5 Å². The van der Waals surface area contributed by atoms with Gasteiger partial charge in [-0.15, -0.1) is 11.3 Å². The van der Waals surface area contributed by atoms with E-state index in [1.807, 2.05) is 17.5 Å². The molecule has 3 aromatic rings.